The normalized spacial score (nSPS) is 21.9. The Bertz CT molecular complexity index is 144. The van der Waals surface area contributed by atoms with Gasteiger partial charge in [0.05, 0.1) is 0 Å². The molecule has 0 bridgehead atoms. The molecule has 0 amide bonds. The lowest BCUT2D eigenvalue weighted by Crippen LogP contribution is -2.24. The molecule has 1 fully saturated rings. The van der Waals surface area contributed by atoms with E-state index in [0.717, 1.165) is 11.8 Å². The minimum Gasteiger partial charge on any atom is -0.0654 e. The van der Waals surface area contributed by atoms with Crippen LogP contribution >= 0.6 is 0 Å². The molecule has 0 nitrogen and oxygen atoms in total. The third-order valence-electron chi connectivity index (χ3n) is 3.95. The first kappa shape index (κ1) is 11.1. The van der Waals surface area contributed by atoms with Crippen LogP contribution < -0.4 is 0 Å². The van der Waals surface area contributed by atoms with Crippen LogP contribution in [0.2, 0.25) is 0 Å². The summed E-state index contributed by atoms with van der Waals surface area (Å²) in [6.45, 7) is 9.61. The highest BCUT2D eigenvalue weighted by molar-refractivity contribution is 4.85. The number of hydrogen-bond donors (Lipinski definition) is 0. The van der Waals surface area contributed by atoms with E-state index >= 15 is 0 Å². The van der Waals surface area contributed by atoms with Crippen molar-refractivity contribution in [2.45, 2.75) is 66.2 Å². The molecule has 0 aromatic carbocycles. The Kier molecular flexibility index (Phi) is 3.82. The topological polar surface area (TPSA) is 0 Å². The molecule has 78 valence electrons. The summed E-state index contributed by atoms with van der Waals surface area (Å²) in [5, 5.41) is 0. The van der Waals surface area contributed by atoms with Crippen LogP contribution in [0.5, 0.6) is 0 Å². The maximum Gasteiger partial charge on any atom is -0.0300 e. The maximum atomic E-state index is 2.51. The molecule has 1 atom stereocenters. The second kappa shape index (κ2) is 4.48. The zero-order valence-electron chi connectivity index (χ0n) is 9.90. The molecular weight excluding hydrogens is 156 g/mol. The van der Waals surface area contributed by atoms with Gasteiger partial charge in [0, 0.05) is 0 Å². The number of hydrogen-bond acceptors (Lipinski definition) is 0. The third-order valence-corrected chi connectivity index (χ3v) is 3.95. The van der Waals surface area contributed by atoms with E-state index in [1.165, 1.54) is 38.5 Å². The summed E-state index contributed by atoms with van der Waals surface area (Å²) in [7, 11) is 0. The molecular formula is C13H26. The van der Waals surface area contributed by atoms with Gasteiger partial charge in [-0.05, 0) is 30.1 Å². The molecule has 0 spiro atoms. The molecule has 1 rings (SSSR count). The van der Waals surface area contributed by atoms with E-state index in [9.17, 15) is 0 Å². The molecule has 0 heteroatoms. The lowest BCUT2D eigenvalue weighted by Gasteiger charge is -2.34. The van der Waals surface area contributed by atoms with Crippen molar-refractivity contribution in [1.82, 2.24) is 0 Å². The minimum atomic E-state index is 0.636. The SMILES string of the molecule is CCCCC(C)(CC1CC1)C(C)C. The smallest absolute Gasteiger partial charge is 0.0300 e. The molecule has 1 aliphatic rings. The number of rotatable bonds is 6. The lowest BCUT2D eigenvalue weighted by molar-refractivity contribution is 0.165. The molecule has 1 saturated carbocycles. The Morgan fingerprint density at radius 3 is 2.31 bits per heavy atom. The fourth-order valence-corrected chi connectivity index (χ4v) is 2.19. The first-order chi connectivity index (χ1) is 6.08. The minimum absolute atomic E-state index is 0.636. The van der Waals surface area contributed by atoms with E-state index in [1.54, 1.807) is 0 Å². The molecule has 0 aromatic heterocycles. The highest BCUT2D eigenvalue weighted by atomic mass is 14.4. The van der Waals surface area contributed by atoms with Crippen LogP contribution in [0.15, 0.2) is 0 Å². The van der Waals surface area contributed by atoms with Gasteiger partial charge in [-0.15, -0.1) is 0 Å². The van der Waals surface area contributed by atoms with Crippen LogP contribution in [-0.2, 0) is 0 Å². The molecule has 0 N–H and O–H groups in total. The van der Waals surface area contributed by atoms with Gasteiger partial charge in [-0.25, -0.2) is 0 Å². The molecule has 0 heterocycles. The van der Waals surface area contributed by atoms with Crippen LogP contribution in [-0.4, -0.2) is 0 Å². The average Bonchev–Trinajstić information content (AvgIpc) is 2.84. The summed E-state index contributed by atoms with van der Waals surface area (Å²) < 4.78 is 0. The fraction of sp³-hybridized carbons (Fsp3) is 1.00. The first-order valence-corrected chi connectivity index (χ1v) is 6.08. The van der Waals surface area contributed by atoms with Crippen molar-refractivity contribution in [3.05, 3.63) is 0 Å². The van der Waals surface area contributed by atoms with E-state index < -0.39 is 0 Å². The van der Waals surface area contributed by atoms with Gasteiger partial charge < -0.3 is 0 Å². The van der Waals surface area contributed by atoms with Crippen molar-refractivity contribution in [2.75, 3.05) is 0 Å². The Balaban J connectivity index is 2.40. The highest BCUT2D eigenvalue weighted by Gasteiger charge is 2.34. The van der Waals surface area contributed by atoms with Crippen LogP contribution in [0.3, 0.4) is 0 Å². The lowest BCUT2D eigenvalue weighted by atomic mass is 9.71. The summed E-state index contributed by atoms with van der Waals surface area (Å²) in [6, 6.07) is 0. The van der Waals surface area contributed by atoms with Crippen LogP contribution in [0.1, 0.15) is 66.2 Å². The Morgan fingerprint density at radius 2 is 1.92 bits per heavy atom. The Labute approximate surface area is 84.1 Å². The predicted octanol–water partition coefficient (Wildman–Crippen LogP) is 4.64. The van der Waals surface area contributed by atoms with Gasteiger partial charge in [-0.2, -0.15) is 0 Å². The molecule has 0 saturated heterocycles. The second-order valence-corrected chi connectivity index (χ2v) is 5.56. The molecule has 0 aromatic rings. The summed E-state index contributed by atoms with van der Waals surface area (Å²) in [5.41, 5.74) is 0.636. The van der Waals surface area contributed by atoms with Gasteiger partial charge in [0.25, 0.3) is 0 Å². The molecule has 1 aliphatic carbocycles. The average molecular weight is 182 g/mol. The van der Waals surface area contributed by atoms with Crippen molar-refractivity contribution in [3.63, 3.8) is 0 Å². The van der Waals surface area contributed by atoms with Crippen molar-refractivity contribution in [1.29, 1.82) is 0 Å². The van der Waals surface area contributed by atoms with E-state index in [-0.39, 0.29) is 0 Å². The molecule has 0 radical (unpaired) electrons. The largest absolute Gasteiger partial charge is 0.0654 e. The van der Waals surface area contributed by atoms with Gasteiger partial charge in [0.15, 0.2) is 0 Å². The van der Waals surface area contributed by atoms with Crippen molar-refractivity contribution in [2.24, 2.45) is 17.3 Å². The molecule has 13 heavy (non-hydrogen) atoms. The van der Waals surface area contributed by atoms with Crippen LogP contribution in [0.25, 0.3) is 0 Å². The zero-order chi connectivity index (χ0) is 9.90. The van der Waals surface area contributed by atoms with Crippen molar-refractivity contribution in [3.8, 4) is 0 Å². The van der Waals surface area contributed by atoms with Gasteiger partial charge in [0.2, 0.25) is 0 Å². The Hall–Kier alpha value is 0. The van der Waals surface area contributed by atoms with Crippen molar-refractivity contribution < 1.29 is 0 Å². The van der Waals surface area contributed by atoms with Gasteiger partial charge >= 0.3 is 0 Å². The van der Waals surface area contributed by atoms with Crippen LogP contribution in [0, 0.1) is 17.3 Å². The molecule has 0 aliphatic heterocycles. The summed E-state index contributed by atoms with van der Waals surface area (Å²) in [5.74, 6) is 1.95. The summed E-state index contributed by atoms with van der Waals surface area (Å²) >= 11 is 0. The van der Waals surface area contributed by atoms with E-state index in [0.29, 0.717) is 5.41 Å². The second-order valence-electron chi connectivity index (χ2n) is 5.56. The summed E-state index contributed by atoms with van der Waals surface area (Å²) in [6.07, 6.45) is 8.72. The van der Waals surface area contributed by atoms with Gasteiger partial charge in [0.1, 0.15) is 0 Å². The number of unbranched alkanes of at least 4 members (excludes halogenated alkanes) is 1. The van der Waals surface area contributed by atoms with Crippen LogP contribution in [0.4, 0.5) is 0 Å². The van der Waals surface area contributed by atoms with E-state index in [1.807, 2.05) is 0 Å². The van der Waals surface area contributed by atoms with Crippen molar-refractivity contribution >= 4 is 0 Å². The first-order valence-electron chi connectivity index (χ1n) is 6.08. The third kappa shape index (κ3) is 3.32. The quantitative estimate of drug-likeness (QED) is 0.561. The highest BCUT2D eigenvalue weighted by Crippen LogP contribution is 2.46. The molecule has 1 unspecified atom stereocenters. The van der Waals surface area contributed by atoms with E-state index in [4.69, 9.17) is 0 Å². The van der Waals surface area contributed by atoms with Gasteiger partial charge in [-0.3, -0.25) is 0 Å². The fourth-order valence-electron chi connectivity index (χ4n) is 2.19. The van der Waals surface area contributed by atoms with E-state index in [2.05, 4.69) is 27.7 Å². The zero-order valence-corrected chi connectivity index (χ0v) is 9.90. The summed E-state index contributed by atoms with van der Waals surface area (Å²) in [4.78, 5) is 0. The standard InChI is InChI=1S/C13H26/c1-5-6-9-13(4,11(2)3)10-12-7-8-12/h11-12H,5-10H2,1-4H3. The monoisotopic (exact) mass is 182 g/mol. The Morgan fingerprint density at radius 1 is 1.31 bits per heavy atom. The maximum absolute atomic E-state index is 2.51. The predicted molar refractivity (Wildman–Crippen MR) is 59.8 cm³/mol. The van der Waals surface area contributed by atoms with Gasteiger partial charge in [-0.1, -0.05) is 53.4 Å².